The lowest BCUT2D eigenvalue weighted by Gasteiger charge is -2.48. The molecule has 0 aromatic carbocycles. The number of rotatable bonds is 63. The summed E-state index contributed by atoms with van der Waals surface area (Å²) in [5, 5.41) is 120. The lowest BCUT2D eigenvalue weighted by molar-refractivity contribution is -0.379. The maximum atomic E-state index is 13.4. The maximum Gasteiger partial charge on any atom is 0.220 e. The molecule has 0 aromatic heterocycles. The molecule has 0 bridgehead atoms. The highest BCUT2D eigenvalue weighted by Crippen LogP contribution is 2.33. The standard InChI is InChI=1S/C78H145NO18/c1-3-5-7-9-11-13-15-16-17-18-19-20-21-22-23-24-25-26-27-28-29-30-31-32-33-34-35-36-37-38-39-40-41-42-43-44-46-48-50-52-54-56-66(84)79-61(62(83)55-53-51-49-47-45-14-12-10-8-6-4-2)60-92-76-72(90)69(87)74(64(58-81)94-76)97-78-73(91)70(88)75(65(59-82)95-78)96-77-71(89)68(86)67(85)63(57-80)93-77/h18-19,45,47,53,55,61-65,67-78,80-83,85-91H,3-17,20-44,46,48-52,54,56-60H2,1-2H3,(H,79,84)/b19-18-,47-45+,55-53+. The van der Waals surface area contributed by atoms with E-state index in [-0.39, 0.29) is 18.9 Å². The van der Waals surface area contributed by atoms with Gasteiger partial charge in [-0.15, -0.1) is 0 Å². The third kappa shape index (κ3) is 40.0. The number of hydrogen-bond acceptors (Lipinski definition) is 18. The van der Waals surface area contributed by atoms with Crippen molar-refractivity contribution >= 4 is 5.91 Å². The van der Waals surface area contributed by atoms with Gasteiger partial charge in [0.2, 0.25) is 5.91 Å². The van der Waals surface area contributed by atoms with Gasteiger partial charge in [-0.1, -0.05) is 294 Å². The zero-order chi connectivity index (χ0) is 70.4. The molecule has 0 radical (unpaired) electrons. The minimum Gasteiger partial charge on any atom is -0.394 e. The Morgan fingerprint density at radius 3 is 1.03 bits per heavy atom. The van der Waals surface area contributed by atoms with Gasteiger partial charge in [0.15, 0.2) is 18.9 Å². The largest absolute Gasteiger partial charge is 0.394 e. The van der Waals surface area contributed by atoms with Crippen molar-refractivity contribution in [2.24, 2.45) is 0 Å². The molecule has 0 aromatic rings. The molecule has 3 aliphatic rings. The van der Waals surface area contributed by atoms with Crippen LogP contribution in [0.3, 0.4) is 0 Å². The number of nitrogens with one attached hydrogen (secondary N) is 1. The molecule has 17 atom stereocenters. The third-order valence-corrected chi connectivity index (χ3v) is 19.9. The summed E-state index contributed by atoms with van der Waals surface area (Å²) in [7, 11) is 0. The van der Waals surface area contributed by atoms with Gasteiger partial charge in [0.1, 0.15) is 73.2 Å². The van der Waals surface area contributed by atoms with Gasteiger partial charge in [-0.2, -0.15) is 0 Å². The van der Waals surface area contributed by atoms with E-state index < -0.39 is 124 Å². The fourth-order valence-electron chi connectivity index (χ4n) is 13.5. The Morgan fingerprint density at radius 1 is 0.361 bits per heavy atom. The first-order chi connectivity index (χ1) is 47.3. The van der Waals surface area contributed by atoms with Crippen LogP contribution in [0.1, 0.15) is 322 Å². The van der Waals surface area contributed by atoms with Crippen molar-refractivity contribution in [2.45, 2.75) is 426 Å². The summed E-state index contributed by atoms with van der Waals surface area (Å²) in [4.78, 5) is 13.4. The van der Waals surface area contributed by atoms with Crippen LogP contribution in [-0.4, -0.2) is 193 Å². The van der Waals surface area contributed by atoms with Crippen molar-refractivity contribution in [3.8, 4) is 0 Å². The molecule has 0 aliphatic carbocycles. The van der Waals surface area contributed by atoms with Crippen molar-refractivity contribution in [1.29, 1.82) is 0 Å². The minimum absolute atomic E-state index is 0.239. The zero-order valence-electron chi connectivity index (χ0n) is 60.8. The minimum atomic E-state index is -1.98. The molecule has 1 amide bonds. The monoisotopic (exact) mass is 1380 g/mol. The molecule has 19 nitrogen and oxygen atoms in total. The molecule has 97 heavy (non-hydrogen) atoms. The molecule has 17 unspecified atom stereocenters. The fourth-order valence-corrected chi connectivity index (χ4v) is 13.5. The number of ether oxygens (including phenoxy) is 6. The highest BCUT2D eigenvalue weighted by molar-refractivity contribution is 5.76. The van der Waals surface area contributed by atoms with E-state index in [1.54, 1.807) is 6.08 Å². The quantitative estimate of drug-likeness (QED) is 0.0199. The summed E-state index contributed by atoms with van der Waals surface area (Å²) in [6, 6.07) is -0.987. The molecule has 3 rings (SSSR count). The van der Waals surface area contributed by atoms with Crippen LogP contribution in [0.4, 0.5) is 0 Å². The molecular formula is C78H145NO18. The second kappa shape index (κ2) is 59.4. The second-order valence-corrected chi connectivity index (χ2v) is 28.5. The number of carbonyl (C=O) groups excluding carboxylic acids is 1. The highest BCUT2D eigenvalue weighted by Gasteiger charge is 2.53. The van der Waals surface area contributed by atoms with Crippen molar-refractivity contribution < 1.29 is 89.4 Å². The van der Waals surface area contributed by atoms with Crippen LogP contribution in [0, 0.1) is 0 Å². The molecule has 570 valence electrons. The Balaban J connectivity index is 1.25. The Hall–Kier alpha value is -1.99. The second-order valence-electron chi connectivity index (χ2n) is 28.5. The van der Waals surface area contributed by atoms with E-state index in [4.69, 9.17) is 28.4 Å². The number of unbranched alkanes of at least 4 members (excludes halogenated alkanes) is 43. The van der Waals surface area contributed by atoms with E-state index in [1.807, 2.05) is 6.08 Å². The van der Waals surface area contributed by atoms with Gasteiger partial charge in [0, 0.05) is 6.42 Å². The fraction of sp³-hybridized carbons (Fsp3) is 0.910. The van der Waals surface area contributed by atoms with Gasteiger partial charge < -0.3 is 89.9 Å². The Kier molecular flexibility index (Phi) is 54.6. The van der Waals surface area contributed by atoms with Gasteiger partial charge in [0.25, 0.3) is 0 Å². The summed E-state index contributed by atoms with van der Waals surface area (Å²) in [5.41, 5.74) is 0. The van der Waals surface area contributed by atoms with Crippen LogP contribution < -0.4 is 5.32 Å². The Labute approximate surface area is 587 Å². The van der Waals surface area contributed by atoms with E-state index in [1.165, 1.54) is 250 Å². The average Bonchev–Trinajstić information content (AvgIpc) is 0.792. The van der Waals surface area contributed by atoms with Crippen molar-refractivity contribution in [3.63, 3.8) is 0 Å². The van der Waals surface area contributed by atoms with Crippen LogP contribution >= 0.6 is 0 Å². The number of allylic oxidation sites excluding steroid dienone is 5. The molecule has 3 aliphatic heterocycles. The first kappa shape index (κ1) is 89.2. The van der Waals surface area contributed by atoms with E-state index in [0.717, 1.165) is 38.5 Å². The van der Waals surface area contributed by atoms with Gasteiger partial charge in [-0.3, -0.25) is 4.79 Å². The Bertz CT molecular complexity index is 1900. The smallest absolute Gasteiger partial charge is 0.220 e. The van der Waals surface area contributed by atoms with Gasteiger partial charge in [-0.05, 0) is 57.8 Å². The number of amides is 1. The van der Waals surface area contributed by atoms with Crippen LogP contribution in [-0.2, 0) is 33.2 Å². The van der Waals surface area contributed by atoms with Crippen LogP contribution in [0.15, 0.2) is 36.5 Å². The van der Waals surface area contributed by atoms with Crippen molar-refractivity contribution in [2.75, 3.05) is 26.4 Å². The van der Waals surface area contributed by atoms with Crippen LogP contribution in [0.2, 0.25) is 0 Å². The molecule has 19 heteroatoms. The van der Waals surface area contributed by atoms with E-state index in [2.05, 4.69) is 43.5 Å². The predicted octanol–water partition coefficient (Wildman–Crippen LogP) is 12.7. The van der Waals surface area contributed by atoms with Gasteiger partial charge >= 0.3 is 0 Å². The highest BCUT2D eigenvalue weighted by atomic mass is 16.8. The molecule has 0 saturated carbocycles. The molecule has 3 heterocycles. The molecular weight excluding hydrogens is 1240 g/mol. The third-order valence-electron chi connectivity index (χ3n) is 19.9. The van der Waals surface area contributed by atoms with E-state index >= 15 is 0 Å². The number of hydrogen-bond donors (Lipinski definition) is 12. The summed E-state index contributed by atoms with van der Waals surface area (Å²) < 4.78 is 34.3. The summed E-state index contributed by atoms with van der Waals surface area (Å²) in [5.74, 6) is -0.282. The molecule has 3 saturated heterocycles. The first-order valence-corrected chi connectivity index (χ1v) is 39.7. The molecule has 0 spiro atoms. The first-order valence-electron chi connectivity index (χ1n) is 39.7. The maximum absolute atomic E-state index is 13.4. The van der Waals surface area contributed by atoms with Gasteiger partial charge in [0.05, 0.1) is 38.6 Å². The number of aliphatic hydroxyl groups excluding tert-OH is 11. The lowest BCUT2D eigenvalue weighted by atomic mass is 9.96. The molecule has 3 fully saturated rings. The van der Waals surface area contributed by atoms with Crippen molar-refractivity contribution in [3.05, 3.63) is 36.5 Å². The van der Waals surface area contributed by atoms with Crippen LogP contribution in [0.25, 0.3) is 0 Å². The van der Waals surface area contributed by atoms with Gasteiger partial charge in [-0.25, -0.2) is 0 Å². The van der Waals surface area contributed by atoms with E-state index in [9.17, 15) is 61.0 Å². The van der Waals surface area contributed by atoms with Crippen LogP contribution in [0.5, 0.6) is 0 Å². The zero-order valence-corrected chi connectivity index (χ0v) is 60.8. The SMILES string of the molecule is CCCCCCC/C=C/CC/C=C/C(O)C(COC1OC(CO)C(OC2OC(CO)C(OC3OC(CO)C(O)C(O)C3O)C(O)C2O)C(O)C1O)NC(=O)CCCCCCCCCCCCCCCCCCCCCCCCCCCCCCC/C=C\CCCCCCCCCC. The number of carbonyl (C=O) groups is 1. The predicted molar refractivity (Wildman–Crippen MR) is 383 cm³/mol. The summed E-state index contributed by atoms with van der Waals surface area (Å²) in [6.45, 7) is 1.70. The Morgan fingerprint density at radius 2 is 0.660 bits per heavy atom. The van der Waals surface area contributed by atoms with Crippen molar-refractivity contribution in [1.82, 2.24) is 5.32 Å². The van der Waals surface area contributed by atoms with E-state index in [0.29, 0.717) is 12.8 Å². The summed E-state index contributed by atoms with van der Waals surface area (Å²) >= 11 is 0. The topological polar surface area (TPSA) is 307 Å². The lowest BCUT2D eigenvalue weighted by Crippen LogP contribution is -2.66. The average molecular weight is 1390 g/mol. The molecule has 12 N–H and O–H groups in total. The summed E-state index contributed by atoms with van der Waals surface area (Å²) in [6.07, 6.45) is 46.3. The number of aliphatic hydroxyl groups is 11. The normalized spacial score (nSPS) is 27.0.